The SMILES string of the molecule is Cc1nnsc1-c1nn2c(-c3cc(Cl)ccc3Cl)nnc2s1. The Morgan fingerprint density at radius 3 is 2.77 bits per heavy atom. The summed E-state index contributed by atoms with van der Waals surface area (Å²) in [6.45, 7) is 1.90. The second-order valence-corrected chi connectivity index (χ2v) is 6.99. The molecule has 0 aliphatic heterocycles. The first-order valence-corrected chi connectivity index (χ1v) is 8.45. The molecule has 0 bridgehead atoms. The number of rotatable bonds is 2. The fourth-order valence-electron chi connectivity index (χ4n) is 1.97. The topological polar surface area (TPSA) is 68.9 Å². The smallest absolute Gasteiger partial charge is 0.182 e. The third-order valence-electron chi connectivity index (χ3n) is 3.01. The van der Waals surface area contributed by atoms with E-state index >= 15 is 0 Å². The van der Waals surface area contributed by atoms with Gasteiger partial charge in [0.1, 0.15) is 4.88 Å². The molecule has 0 fully saturated rings. The van der Waals surface area contributed by atoms with Crippen LogP contribution in [0.15, 0.2) is 18.2 Å². The second kappa shape index (κ2) is 5.24. The second-order valence-electron chi connectivity index (χ2n) is 4.44. The fraction of sp³-hybridized carbons (Fsp3) is 0.0833. The van der Waals surface area contributed by atoms with E-state index in [2.05, 4.69) is 24.9 Å². The van der Waals surface area contributed by atoms with Gasteiger partial charge >= 0.3 is 0 Å². The van der Waals surface area contributed by atoms with Crippen LogP contribution in [0, 0.1) is 6.92 Å². The van der Waals surface area contributed by atoms with E-state index in [9.17, 15) is 0 Å². The fourth-order valence-corrected chi connectivity index (χ4v) is 3.95. The van der Waals surface area contributed by atoms with Crippen LogP contribution < -0.4 is 0 Å². The highest BCUT2D eigenvalue weighted by atomic mass is 35.5. The van der Waals surface area contributed by atoms with Crippen molar-refractivity contribution in [3.8, 4) is 21.3 Å². The monoisotopic (exact) mass is 368 g/mol. The minimum absolute atomic E-state index is 0.545. The Hall–Kier alpha value is -1.61. The molecule has 3 aromatic heterocycles. The van der Waals surface area contributed by atoms with Crippen LogP contribution in [0.25, 0.3) is 26.2 Å². The summed E-state index contributed by atoms with van der Waals surface area (Å²) >= 11 is 15.0. The number of aryl methyl sites for hydroxylation is 1. The van der Waals surface area contributed by atoms with Gasteiger partial charge in [-0.1, -0.05) is 39.0 Å². The van der Waals surface area contributed by atoms with E-state index in [1.54, 1.807) is 22.7 Å². The van der Waals surface area contributed by atoms with Gasteiger partial charge in [0, 0.05) is 10.6 Å². The zero-order chi connectivity index (χ0) is 15.3. The van der Waals surface area contributed by atoms with Crippen molar-refractivity contribution in [1.82, 2.24) is 29.4 Å². The van der Waals surface area contributed by atoms with Crippen molar-refractivity contribution >= 4 is 51.0 Å². The summed E-state index contributed by atoms with van der Waals surface area (Å²) in [6.07, 6.45) is 0. The average Bonchev–Trinajstić information content (AvgIpc) is 3.16. The Bertz CT molecular complexity index is 989. The first-order chi connectivity index (χ1) is 10.6. The molecule has 0 saturated heterocycles. The van der Waals surface area contributed by atoms with Crippen molar-refractivity contribution in [2.75, 3.05) is 0 Å². The molecule has 0 aliphatic carbocycles. The van der Waals surface area contributed by atoms with Crippen molar-refractivity contribution in [3.63, 3.8) is 0 Å². The molecule has 0 radical (unpaired) electrons. The van der Waals surface area contributed by atoms with Gasteiger partial charge in [-0.2, -0.15) is 9.61 Å². The van der Waals surface area contributed by atoms with Crippen LogP contribution in [0.1, 0.15) is 5.69 Å². The predicted octanol–water partition coefficient (Wildman–Crippen LogP) is 3.99. The molecule has 4 aromatic rings. The van der Waals surface area contributed by atoms with Crippen LogP contribution in [0.4, 0.5) is 0 Å². The number of nitrogens with zero attached hydrogens (tertiary/aromatic N) is 6. The van der Waals surface area contributed by atoms with Gasteiger partial charge in [0.15, 0.2) is 10.8 Å². The molecular weight excluding hydrogens is 363 g/mol. The van der Waals surface area contributed by atoms with Crippen LogP contribution >= 0.6 is 46.1 Å². The number of benzene rings is 1. The lowest BCUT2D eigenvalue weighted by Crippen LogP contribution is -1.92. The van der Waals surface area contributed by atoms with E-state index in [1.807, 2.05) is 6.92 Å². The summed E-state index contributed by atoms with van der Waals surface area (Å²) in [5.74, 6) is 0.556. The number of fused-ring (bicyclic) bond motifs is 1. The van der Waals surface area contributed by atoms with E-state index in [0.717, 1.165) is 15.6 Å². The summed E-state index contributed by atoms with van der Waals surface area (Å²) in [7, 11) is 0. The molecule has 110 valence electrons. The van der Waals surface area contributed by atoms with Gasteiger partial charge in [0.25, 0.3) is 0 Å². The van der Waals surface area contributed by atoms with E-state index in [-0.39, 0.29) is 0 Å². The van der Waals surface area contributed by atoms with Gasteiger partial charge in [-0.3, -0.25) is 0 Å². The lowest BCUT2D eigenvalue weighted by Gasteiger charge is -2.01. The zero-order valence-corrected chi connectivity index (χ0v) is 14.1. The Balaban J connectivity index is 1.91. The van der Waals surface area contributed by atoms with Crippen LogP contribution in [0.3, 0.4) is 0 Å². The summed E-state index contributed by atoms with van der Waals surface area (Å²) < 4.78 is 5.60. The molecule has 6 nitrogen and oxygen atoms in total. The Morgan fingerprint density at radius 1 is 1.14 bits per heavy atom. The highest BCUT2D eigenvalue weighted by molar-refractivity contribution is 7.23. The summed E-state index contributed by atoms with van der Waals surface area (Å²) in [5, 5.41) is 18.8. The van der Waals surface area contributed by atoms with Gasteiger partial charge in [-0.05, 0) is 36.7 Å². The summed E-state index contributed by atoms with van der Waals surface area (Å²) in [6, 6.07) is 5.20. The first-order valence-electron chi connectivity index (χ1n) is 6.10. The largest absolute Gasteiger partial charge is 0.235 e. The van der Waals surface area contributed by atoms with Crippen molar-refractivity contribution in [2.45, 2.75) is 6.92 Å². The highest BCUT2D eigenvalue weighted by Gasteiger charge is 2.18. The lowest BCUT2D eigenvalue weighted by atomic mass is 10.2. The molecule has 0 aliphatic rings. The molecule has 0 unspecified atom stereocenters. The molecule has 3 heterocycles. The molecule has 1 aromatic carbocycles. The summed E-state index contributed by atoms with van der Waals surface area (Å²) in [4.78, 5) is 1.60. The molecule has 0 saturated carbocycles. The molecule has 0 atom stereocenters. The molecule has 0 spiro atoms. The maximum atomic E-state index is 6.24. The van der Waals surface area contributed by atoms with Gasteiger partial charge in [0.05, 0.1) is 10.7 Å². The Kier molecular flexibility index (Phi) is 3.33. The van der Waals surface area contributed by atoms with Crippen molar-refractivity contribution in [2.24, 2.45) is 0 Å². The van der Waals surface area contributed by atoms with E-state index in [1.165, 1.54) is 22.9 Å². The van der Waals surface area contributed by atoms with Gasteiger partial charge < -0.3 is 0 Å². The molecule has 22 heavy (non-hydrogen) atoms. The Labute approximate surface area is 142 Å². The molecular formula is C12H6Cl2N6S2. The molecule has 0 N–H and O–H groups in total. The van der Waals surface area contributed by atoms with Crippen molar-refractivity contribution in [1.29, 1.82) is 0 Å². The number of hydrogen-bond donors (Lipinski definition) is 0. The van der Waals surface area contributed by atoms with Gasteiger partial charge in [-0.15, -0.1) is 15.3 Å². The zero-order valence-electron chi connectivity index (χ0n) is 11.0. The third kappa shape index (κ3) is 2.19. The number of aromatic nitrogens is 6. The minimum atomic E-state index is 0.545. The maximum absolute atomic E-state index is 6.24. The van der Waals surface area contributed by atoms with Crippen molar-refractivity contribution < 1.29 is 0 Å². The number of halogens is 2. The van der Waals surface area contributed by atoms with Crippen LogP contribution in [0.2, 0.25) is 10.0 Å². The quantitative estimate of drug-likeness (QED) is 0.535. The lowest BCUT2D eigenvalue weighted by molar-refractivity contribution is 0.970. The third-order valence-corrected chi connectivity index (χ3v) is 5.45. The number of hydrogen-bond acceptors (Lipinski definition) is 7. The van der Waals surface area contributed by atoms with Crippen LogP contribution in [-0.4, -0.2) is 29.4 Å². The molecule has 0 amide bonds. The van der Waals surface area contributed by atoms with Crippen LogP contribution in [0.5, 0.6) is 0 Å². The first kappa shape index (κ1) is 14.0. The van der Waals surface area contributed by atoms with E-state index in [0.29, 0.717) is 26.4 Å². The highest BCUT2D eigenvalue weighted by Crippen LogP contribution is 2.34. The average molecular weight is 369 g/mol. The van der Waals surface area contributed by atoms with Gasteiger partial charge in [0.2, 0.25) is 4.96 Å². The minimum Gasteiger partial charge on any atom is -0.182 e. The van der Waals surface area contributed by atoms with Gasteiger partial charge in [-0.25, -0.2) is 0 Å². The maximum Gasteiger partial charge on any atom is 0.235 e. The van der Waals surface area contributed by atoms with E-state index in [4.69, 9.17) is 23.2 Å². The standard InChI is InChI=1S/C12H6Cl2N6S2/c1-5-9(22-19-15-5)11-18-20-10(16-17-12(20)21-11)7-4-6(13)2-3-8(7)14/h2-4H,1H3. The Morgan fingerprint density at radius 2 is 2.00 bits per heavy atom. The van der Waals surface area contributed by atoms with Crippen LogP contribution in [-0.2, 0) is 0 Å². The summed E-state index contributed by atoms with van der Waals surface area (Å²) in [5.41, 5.74) is 1.54. The predicted molar refractivity (Wildman–Crippen MR) is 87.8 cm³/mol. The van der Waals surface area contributed by atoms with E-state index < -0.39 is 0 Å². The molecule has 10 heteroatoms. The van der Waals surface area contributed by atoms with Crippen molar-refractivity contribution in [3.05, 3.63) is 33.9 Å². The molecule has 4 rings (SSSR count). The normalized spacial score (nSPS) is 11.4.